The Bertz CT molecular complexity index is 900. The van der Waals surface area contributed by atoms with Crippen LogP contribution in [0.2, 0.25) is 0 Å². The second-order valence-electron chi connectivity index (χ2n) is 5.50. The number of carbonyl (C=O) groups is 4. The van der Waals surface area contributed by atoms with Crippen molar-refractivity contribution < 1.29 is 24.3 Å². The predicted octanol–water partition coefficient (Wildman–Crippen LogP) is 2.04. The van der Waals surface area contributed by atoms with E-state index in [0.29, 0.717) is 11.1 Å². The van der Waals surface area contributed by atoms with Crippen molar-refractivity contribution in [1.29, 1.82) is 0 Å². The van der Waals surface area contributed by atoms with E-state index in [-0.39, 0.29) is 34.8 Å². The molecule has 6 nitrogen and oxygen atoms in total. The van der Waals surface area contributed by atoms with Crippen LogP contribution < -0.4 is 0 Å². The normalized spacial score (nSPS) is 13.1. The minimum Gasteiger partial charge on any atom is -0.478 e. The first-order valence-corrected chi connectivity index (χ1v) is 7.21. The number of Topliss-reactive ketones (excluding diaryl/α,β-unsaturated/α-hetero) is 1. The molecule has 1 N–H and O–H groups in total. The van der Waals surface area contributed by atoms with E-state index in [9.17, 15) is 19.2 Å². The molecule has 6 heteroatoms. The first-order chi connectivity index (χ1) is 11.4. The van der Waals surface area contributed by atoms with Gasteiger partial charge in [0.2, 0.25) is 0 Å². The van der Waals surface area contributed by atoms with Gasteiger partial charge < -0.3 is 5.11 Å². The third-order valence-electron chi connectivity index (χ3n) is 3.98. The van der Waals surface area contributed by atoms with Crippen LogP contribution in [0, 0.1) is 0 Å². The van der Waals surface area contributed by atoms with Crippen molar-refractivity contribution in [3.05, 3.63) is 70.3 Å². The molecule has 2 amide bonds. The molecule has 1 aliphatic rings. The average Bonchev–Trinajstić information content (AvgIpc) is 2.79. The Morgan fingerprint density at radius 2 is 1.58 bits per heavy atom. The van der Waals surface area contributed by atoms with Crippen LogP contribution in [0.3, 0.4) is 0 Å². The highest BCUT2D eigenvalue weighted by atomic mass is 16.4. The molecule has 24 heavy (non-hydrogen) atoms. The minimum atomic E-state index is -1.17. The van der Waals surface area contributed by atoms with Gasteiger partial charge >= 0.3 is 5.97 Å². The predicted molar refractivity (Wildman–Crippen MR) is 84.3 cm³/mol. The second kappa shape index (κ2) is 5.73. The van der Waals surface area contributed by atoms with Gasteiger partial charge in [-0.15, -0.1) is 0 Å². The summed E-state index contributed by atoms with van der Waals surface area (Å²) in [6.45, 7) is 0. The molecule has 0 saturated carbocycles. The van der Waals surface area contributed by atoms with Crippen LogP contribution in [0.4, 0.5) is 0 Å². The standard InChI is InChI=1S/C18H13NO5/c1-19-16(21)12-7-6-10(8-14(12)17(19)22)9-15(20)11-4-2-3-5-13(11)18(23)24/h2-8H,9H2,1H3,(H,23,24). The van der Waals surface area contributed by atoms with Crippen molar-refractivity contribution in [2.75, 3.05) is 7.05 Å². The van der Waals surface area contributed by atoms with Crippen molar-refractivity contribution in [2.45, 2.75) is 6.42 Å². The molecule has 0 saturated heterocycles. The van der Waals surface area contributed by atoms with Gasteiger partial charge in [-0.2, -0.15) is 0 Å². The highest BCUT2D eigenvalue weighted by Gasteiger charge is 2.32. The zero-order valence-corrected chi connectivity index (χ0v) is 12.8. The molecule has 1 aliphatic heterocycles. The van der Waals surface area contributed by atoms with Crippen LogP contribution in [0.5, 0.6) is 0 Å². The van der Waals surface area contributed by atoms with Gasteiger partial charge in [0.05, 0.1) is 16.7 Å². The number of aromatic carboxylic acids is 1. The summed E-state index contributed by atoms with van der Waals surface area (Å²) in [6.07, 6.45) is -0.0528. The smallest absolute Gasteiger partial charge is 0.336 e. The molecule has 0 unspecified atom stereocenters. The van der Waals surface area contributed by atoms with E-state index >= 15 is 0 Å². The number of carboxylic acids is 1. The molecule has 2 aromatic rings. The van der Waals surface area contributed by atoms with Gasteiger partial charge in [0, 0.05) is 19.0 Å². The van der Waals surface area contributed by atoms with E-state index in [0.717, 1.165) is 4.90 Å². The van der Waals surface area contributed by atoms with Crippen molar-refractivity contribution in [3.8, 4) is 0 Å². The maximum Gasteiger partial charge on any atom is 0.336 e. The topological polar surface area (TPSA) is 91.8 Å². The van der Waals surface area contributed by atoms with Crippen LogP contribution in [0.15, 0.2) is 42.5 Å². The zero-order chi connectivity index (χ0) is 17.4. The summed E-state index contributed by atoms with van der Waals surface area (Å²) in [7, 11) is 1.40. The quantitative estimate of drug-likeness (QED) is 0.686. The Morgan fingerprint density at radius 3 is 2.25 bits per heavy atom. The van der Waals surface area contributed by atoms with Gasteiger partial charge in [-0.3, -0.25) is 19.3 Å². The monoisotopic (exact) mass is 323 g/mol. The molecule has 3 rings (SSSR count). The molecule has 2 aromatic carbocycles. The molecule has 0 spiro atoms. The number of ketones is 1. The lowest BCUT2D eigenvalue weighted by Crippen LogP contribution is -2.24. The lowest BCUT2D eigenvalue weighted by atomic mass is 9.96. The Hall–Kier alpha value is -3.28. The summed E-state index contributed by atoms with van der Waals surface area (Å²) < 4.78 is 0. The molecular formula is C18H13NO5. The molecule has 0 radical (unpaired) electrons. The molecule has 1 heterocycles. The van der Waals surface area contributed by atoms with Crippen molar-refractivity contribution >= 4 is 23.6 Å². The summed E-state index contributed by atoms with van der Waals surface area (Å²) in [5, 5.41) is 9.16. The fraction of sp³-hybridized carbons (Fsp3) is 0.111. The summed E-state index contributed by atoms with van der Waals surface area (Å²) >= 11 is 0. The summed E-state index contributed by atoms with van der Waals surface area (Å²) in [4.78, 5) is 48.5. The number of carboxylic acid groups (broad SMARTS) is 1. The first kappa shape index (κ1) is 15.6. The number of rotatable bonds is 4. The van der Waals surface area contributed by atoms with Gasteiger partial charge in [0.25, 0.3) is 11.8 Å². The van der Waals surface area contributed by atoms with Gasteiger partial charge in [0.1, 0.15) is 0 Å². The first-order valence-electron chi connectivity index (χ1n) is 7.21. The van der Waals surface area contributed by atoms with E-state index in [2.05, 4.69) is 0 Å². The maximum absolute atomic E-state index is 12.4. The third kappa shape index (κ3) is 2.48. The van der Waals surface area contributed by atoms with Crippen molar-refractivity contribution in [1.82, 2.24) is 4.90 Å². The molecular weight excluding hydrogens is 310 g/mol. The van der Waals surface area contributed by atoms with Crippen LogP contribution in [0.25, 0.3) is 0 Å². The highest BCUT2D eigenvalue weighted by Crippen LogP contribution is 2.23. The minimum absolute atomic E-state index is 0.0528. The fourth-order valence-corrected chi connectivity index (χ4v) is 2.71. The average molecular weight is 323 g/mol. The van der Waals surface area contributed by atoms with Gasteiger partial charge in [-0.05, 0) is 23.8 Å². The largest absolute Gasteiger partial charge is 0.478 e. The molecule has 0 atom stereocenters. The van der Waals surface area contributed by atoms with E-state index in [1.54, 1.807) is 18.2 Å². The number of imide groups is 1. The second-order valence-corrected chi connectivity index (χ2v) is 5.50. The van der Waals surface area contributed by atoms with E-state index < -0.39 is 11.9 Å². The summed E-state index contributed by atoms with van der Waals surface area (Å²) in [5.74, 6) is -2.31. The number of benzene rings is 2. The maximum atomic E-state index is 12.4. The van der Waals surface area contributed by atoms with E-state index in [4.69, 9.17) is 5.11 Å². The number of hydrogen-bond donors (Lipinski definition) is 1. The third-order valence-corrected chi connectivity index (χ3v) is 3.98. The van der Waals surface area contributed by atoms with Crippen LogP contribution in [-0.2, 0) is 6.42 Å². The Balaban J connectivity index is 1.91. The number of fused-ring (bicyclic) bond motifs is 1. The van der Waals surface area contributed by atoms with Crippen LogP contribution in [-0.4, -0.2) is 40.6 Å². The summed E-state index contributed by atoms with van der Waals surface area (Å²) in [5.41, 5.74) is 1.18. The fourth-order valence-electron chi connectivity index (χ4n) is 2.71. The molecule has 120 valence electrons. The Morgan fingerprint density at radius 1 is 0.958 bits per heavy atom. The summed E-state index contributed by atoms with van der Waals surface area (Å²) in [6, 6.07) is 10.6. The van der Waals surface area contributed by atoms with Crippen LogP contribution in [0.1, 0.15) is 47.0 Å². The highest BCUT2D eigenvalue weighted by molar-refractivity contribution is 6.21. The van der Waals surface area contributed by atoms with Crippen molar-refractivity contribution in [2.24, 2.45) is 0 Å². The van der Waals surface area contributed by atoms with E-state index in [1.165, 1.54) is 31.3 Å². The molecule has 0 aromatic heterocycles. The number of carbonyl (C=O) groups excluding carboxylic acids is 3. The van der Waals surface area contributed by atoms with Gasteiger partial charge in [0.15, 0.2) is 5.78 Å². The van der Waals surface area contributed by atoms with Crippen molar-refractivity contribution in [3.63, 3.8) is 0 Å². The number of hydrogen-bond acceptors (Lipinski definition) is 4. The van der Waals surface area contributed by atoms with Crippen LogP contribution >= 0.6 is 0 Å². The Labute approximate surface area is 137 Å². The lowest BCUT2D eigenvalue weighted by Gasteiger charge is -2.06. The van der Waals surface area contributed by atoms with Gasteiger partial charge in [-0.25, -0.2) is 4.79 Å². The molecule has 0 fully saturated rings. The molecule has 0 aliphatic carbocycles. The number of amides is 2. The molecule has 0 bridgehead atoms. The Kier molecular flexibility index (Phi) is 3.73. The number of nitrogens with zero attached hydrogens (tertiary/aromatic N) is 1. The zero-order valence-electron chi connectivity index (χ0n) is 12.8. The lowest BCUT2D eigenvalue weighted by molar-refractivity contribution is 0.0681. The SMILES string of the molecule is CN1C(=O)c2ccc(CC(=O)c3ccccc3C(=O)O)cc2C1=O. The van der Waals surface area contributed by atoms with E-state index in [1.807, 2.05) is 0 Å². The van der Waals surface area contributed by atoms with Gasteiger partial charge in [-0.1, -0.05) is 24.3 Å².